The summed E-state index contributed by atoms with van der Waals surface area (Å²) in [5.41, 5.74) is 13.0. The zero-order chi connectivity index (χ0) is 38.1. The van der Waals surface area contributed by atoms with Crippen molar-refractivity contribution in [2.45, 2.75) is 19.3 Å². The molecule has 10 aromatic rings. The lowest BCUT2D eigenvalue weighted by molar-refractivity contribution is 0.660. The standard InChI is InChI=1S/C54H37N3/c1-54(2)49-23-12-11-22-45(49)46-29-26-39(33-50(46)54)38-24-27-43-41-20-9-10-21-42(41)47-31-37(25-28-44(47)48(43)32-38)36-18-13-19-40(30-36)53-56-51(34-14-5-3-6-15-34)55-52(57-53)35-16-7-4-8-17-35/h3-33H,1-2H3. The summed E-state index contributed by atoms with van der Waals surface area (Å²) in [6, 6.07) is 67.5. The molecule has 0 saturated carbocycles. The first-order chi connectivity index (χ1) is 28.0. The van der Waals surface area contributed by atoms with Crippen LogP contribution in [-0.4, -0.2) is 15.0 Å². The van der Waals surface area contributed by atoms with Crippen LogP contribution in [0.3, 0.4) is 0 Å². The molecule has 11 rings (SSSR count). The molecule has 3 nitrogen and oxygen atoms in total. The number of benzene rings is 9. The van der Waals surface area contributed by atoms with Crippen molar-refractivity contribution >= 4 is 32.3 Å². The highest BCUT2D eigenvalue weighted by Gasteiger charge is 2.35. The van der Waals surface area contributed by atoms with Crippen molar-refractivity contribution < 1.29 is 0 Å². The number of nitrogens with zero attached hydrogens (tertiary/aromatic N) is 3. The molecule has 0 bridgehead atoms. The predicted molar refractivity (Wildman–Crippen MR) is 237 cm³/mol. The molecule has 0 saturated heterocycles. The molecule has 0 unspecified atom stereocenters. The normalized spacial score (nSPS) is 12.9. The van der Waals surface area contributed by atoms with Gasteiger partial charge in [-0.3, -0.25) is 0 Å². The van der Waals surface area contributed by atoms with Crippen molar-refractivity contribution in [2.24, 2.45) is 0 Å². The molecular weight excluding hydrogens is 691 g/mol. The maximum absolute atomic E-state index is 5.01. The van der Waals surface area contributed by atoms with Gasteiger partial charge in [-0.05, 0) is 101 Å². The highest BCUT2D eigenvalue weighted by molar-refractivity contribution is 6.26. The molecule has 1 aromatic heterocycles. The lowest BCUT2D eigenvalue weighted by Crippen LogP contribution is -2.14. The first kappa shape index (κ1) is 33.1. The topological polar surface area (TPSA) is 38.7 Å². The van der Waals surface area contributed by atoms with Crippen LogP contribution in [0.1, 0.15) is 25.0 Å². The average molecular weight is 728 g/mol. The van der Waals surface area contributed by atoms with E-state index in [1.165, 1.54) is 65.7 Å². The van der Waals surface area contributed by atoms with Gasteiger partial charge in [-0.15, -0.1) is 0 Å². The molecule has 1 heterocycles. The predicted octanol–water partition coefficient (Wildman–Crippen LogP) is 14.0. The highest BCUT2D eigenvalue weighted by atomic mass is 15.0. The minimum atomic E-state index is -0.0483. The molecule has 0 atom stereocenters. The minimum absolute atomic E-state index is 0.0483. The summed E-state index contributed by atoms with van der Waals surface area (Å²) in [6.45, 7) is 4.70. The fourth-order valence-electron chi connectivity index (χ4n) is 8.98. The fraction of sp³-hybridized carbons (Fsp3) is 0.0556. The van der Waals surface area contributed by atoms with Gasteiger partial charge in [0.15, 0.2) is 17.5 Å². The van der Waals surface area contributed by atoms with Crippen molar-refractivity contribution in [2.75, 3.05) is 0 Å². The molecule has 3 heteroatoms. The van der Waals surface area contributed by atoms with Gasteiger partial charge < -0.3 is 0 Å². The molecule has 0 aliphatic heterocycles. The number of hydrogen-bond donors (Lipinski definition) is 0. The van der Waals surface area contributed by atoms with Crippen LogP contribution >= 0.6 is 0 Å². The zero-order valence-electron chi connectivity index (χ0n) is 31.7. The SMILES string of the molecule is CC1(C)c2ccccc2-c2ccc(-c3ccc4c5ccccc5c5cc(-c6cccc(-c7nc(-c8ccccc8)nc(-c8ccccc8)n7)c6)ccc5c4c3)cc21. The Kier molecular flexibility index (Phi) is 7.52. The van der Waals surface area contributed by atoms with Gasteiger partial charge in [0.05, 0.1) is 0 Å². The largest absolute Gasteiger partial charge is 0.208 e. The van der Waals surface area contributed by atoms with Gasteiger partial charge in [0.2, 0.25) is 0 Å². The summed E-state index contributed by atoms with van der Waals surface area (Å²) in [5, 5.41) is 7.52. The third-order valence-electron chi connectivity index (χ3n) is 11.9. The number of fused-ring (bicyclic) bond motifs is 9. The van der Waals surface area contributed by atoms with E-state index in [-0.39, 0.29) is 5.41 Å². The fourth-order valence-corrected chi connectivity index (χ4v) is 8.98. The van der Waals surface area contributed by atoms with Crippen LogP contribution in [0.15, 0.2) is 188 Å². The summed E-state index contributed by atoms with van der Waals surface area (Å²) >= 11 is 0. The van der Waals surface area contributed by atoms with E-state index in [1.807, 2.05) is 60.7 Å². The Balaban J connectivity index is 1.03. The van der Waals surface area contributed by atoms with Crippen LogP contribution in [0, 0.1) is 0 Å². The highest BCUT2D eigenvalue weighted by Crippen LogP contribution is 2.50. The lowest BCUT2D eigenvalue weighted by Gasteiger charge is -2.22. The Labute approximate surface area is 332 Å². The number of rotatable bonds is 5. The molecule has 1 aliphatic carbocycles. The smallest absolute Gasteiger partial charge is 0.164 e. The summed E-state index contributed by atoms with van der Waals surface area (Å²) in [7, 11) is 0. The molecule has 1 aliphatic rings. The second kappa shape index (κ2) is 12.9. The monoisotopic (exact) mass is 727 g/mol. The Morgan fingerprint density at radius 1 is 0.281 bits per heavy atom. The summed E-state index contributed by atoms with van der Waals surface area (Å²) < 4.78 is 0. The van der Waals surface area contributed by atoms with Gasteiger partial charge in [0, 0.05) is 22.1 Å². The van der Waals surface area contributed by atoms with E-state index in [0.29, 0.717) is 17.5 Å². The van der Waals surface area contributed by atoms with E-state index in [4.69, 9.17) is 15.0 Å². The van der Waals surface area contributed by atoms with Gasteiger partial charge in [-0.25, -0.2) is 15.0 Å². The molecule has 268 valence electrons. The number of hydrogen-bond acceptors (Lipinski definition) is 3. The Morgan fingerprint density at radius 3 is 1.35 bits per heavy atom. The van der Waals surface area contributed by atoms with Crippen LogP contribution in [-0.2, 0) is 5.41 Å². The van der Waals surface area contributed by atoms with E-state index in [1.54, 1.807) is 0 Å². The van der Waals surface area contributed by atoms with Crippen molar-refractivity contribution in [3.05, 3.63) is 199 Å². The minimum Gasteiger partial charge on any atom is -0.208 e. The Bertz CT molecular complexity index is 3140. The van der Waals surface area contributed by atoms with Crippen LogP contribution in [0.2, 0.25) is 0 Å². The quantitative estimate of drug-likeness (QED) is 0.166. The summed E-state index contributed by atoms with van der Waals surface area (Å²) in [4.78, 5) is 14.9. The second-order valence-corrected chi connectivity index (χ2v) is 15.6. The first-order valence-corrected chi connectivity index (χ1v) is 19.6. The van der Waals surface area contributed by atoms with E-state index in [0.717, 1.165) is 27.8 Å². The van der Waals surface area contributed by atoms with Gasteiger partial charge >= 0.3 is 0 Å². The maximum atomic E-state index is 5.01. The van der Waals surface area contributed by atoms with Gasteiger partial charge in [0.1, 0.15) is 0 Å². The van der Waals surface area contributed by atoms with Crippen LogP contribution in [0.25, 0.3) is 99.9 Å². The Morgan fingerprint density at radius 2 is 0.702 bits per heavy atom. The average Bonchev–Trinajstić information content (AvgIpc) is 3.51. The molecule has 9 aromatic carbocycles. The van der Waals surface area contributed by atoms with E-state index < -0.39 is 0 Å². The van der Waals surface area contributed by atoms with Gasteiger partial charge in [0.25, 0.3) is 0 Å². The van der Waals surface area contributed by atoms with Crippen molar-refractivity contribution in [1.82, 2.24) is 15.0 Å². The first-order valence-electron chi connectivity index (χ1n) is 19.6. The van der Waals surface area contributed by atoms with E-state index in [2.05, 4.69) is 141 Å². The second-order valence-electron chi connectivity index (χ2n) is 15.6. The van der Waals surface area contributed by atoms with Gasteiger partial charge in [-0.2, -0.15) is 0 Å². The van der Waals surface area contributed by atoms with Crippen molar-refractivity contribution in [3.8, 4) is 67.5 Å². The zero-order valence-corrected chi connectivity index (χ0v) is 31.7. The van der Waals surface area contributed by atoms with Gasteiger partial charge in [-0.1, -0.05) is 178 Å². The van der Waals surface area contributed by atoms with E-state index in [9.17, 15) is 0 Å². The van der Waals surface area contributed by atoms with Crippen LogP contribution in [0.4, 0.5) is 0 Å². The molecule has 0 fully saturated rings. The number of aromatic nitrogens is 3. The molecule has 0 N–H and O–H groups in total. The molecule has 0 spiro atoms. The lowest BCUT2D eigenvalue weighted by atomic mass is 9.81. The summed E-state index contributed by atoms with van der Waals surface area (Å²) in [5.74, 6) is 1.96. The maximum Gasteiger partial charge on any atom is 0.164 e. The Hall–Kier alpha value is -7.23. The summed E-state index contributed by atoms with van der Waals surface area (Å²) in [6.07, 6.45) is 0. The molecular formula is C54H37N3. The van der Waals surface area contributed by atoms with Crippen molar-refractivity contribution in [1.29, 1.82) is 0 Å². The van der Waals surface area contributed by atoms with Crippen LogP contribution in [0.5, 0.6) is 0 Å². The molecule has 0 radical (unpaired) electrons. The van der Waals surface area contributed by atoms with Crippen LogP contribution < -0.4 is 0 Å². The third kappa shape index (κ3) is 5.46. The molecule has 0 amide bonds. The molecule has 57 heavy (non-hydrogen) atoms. The van der Waals surface area contributed by atoms with E-state index >= 15 is 0 Å². The third-order valence-corrected chi connectivity index (χ3v) is 11.9. The van der Waals surface area contributed by atoms with Crippen molar-refractivity contribution in [3.63, 3.8) is 0 Å².